The molecule has 7 heteroatoms. The Morgan fingerprint density at radius 2 is 1.85 bits per heavy atom. The van der Waals surface area contributed by atoms with E-state index in [2.05, 4.69) is 9.72 Å². The van der Waals surface area contributed by atoms with Gasteiger partial charge in [0.2, 0.25) is 0 Å². The molecule has 0 aliphatic rings. The number of pyridine rings is 1. The summed E-state index contributed by atoms with van der Waals surface area (Å²) in [6.45, 7) is 0. The standard InChI is InChI=1S/C13H7ClF3NO2/c14-10-7-18-6-5-8(10)12(19)9-3-1-2-4-11(9)20-13(15,16)17/h1-7H. The number of nitrogens with zero attached hydrogens (tertiary/aromatic N) is 1. The third-order valence-electron chi connectivity index (χ3n) is 2.37. The Morgan fingerprint density at radius 3 is 2.50 bits per heavy atom. The van der Waals surface area contributed by atoms with Crippen molar-refractivity contribution in [2.75, 3.05) is 0 Å². The molecule has 104 valence electrons. The second-order valence-corrected chi connectivity index (χ2v) is 4.14. The van der Waals surface area contributed by atoms with E-state index in [0.717, 1.165) is 6.07 Å². The number of hydrogen-bond donors (Lipinski definition) is 0. The fourth-order valence-corrected chi connectivity index (χ4v) is 1.78. The van der Waals surface area contributed by atoms with Gasteiger partial charge in [-0.3, -0.25) is 9.78 Å². The molecule has 0 amide bonds. The smallest absolute Gasteiger partial charge is 0.405 e. The first-order chi connectivity index (χ1) is 9.38. The number of rotatable bonds is 3. The summed E-state index contributed by atoms with van der Waals surface area (Å²) in [5.41, 5.74) is -0.169. The molecule has 20 heavy (non-hydrogen) atoms. The van der Waals surface area contributed by atoms with Crippen LogP contribution in [0.25, 0.3) is 0 Å². The normalized spacial score (nSPS) is 11.2. The van der Waals surface area contributed by atoms with Crippen molar-refractivity contribution in [1.29, 1.82) is 0 Å². The number of benzene rings is 1. The van der Waals surface area contributed by atoms with Crippen molar-refractivity contribution < 1.29 is 22.7 Å². The van der Waals surface area contributed by atoms with Crippen molar-refractivity contribution in [3.8, 4) is 5.75 Å². The molecule has 0 saturated carbocycles. The largest absolute Gasteiger partial charge is 0.573 e. The molecule has 1 heterocycles. The summed E-state index contributed by atoms with van der Waals surface area (Å²) in [4.78, 5) is 15.9. The molecule has 1 aromatic carbocycles. The first-order valence-corrected chi connectivity index (χ1v) is 5.75. The zero-order chi connectivity index (χ0) is 14.8. The van der Waals surface area contributed by atoms with Gasteiger partial charge in [0.25, 0.3) is 0 Å². The highest BCUT2D eigenvalue weighted by molar-refractivity contribution is 6.34. The lowest BCUT2D eigenvalue weighted by molar-refractivity contribution is -0.274. The third-order valence-corrected chi connectivity index (χ3v) is 2.68. The van der Waals surface area contributed by atoms with Gasteiger partial charge >= 0.3 is 6.36 Å². The van der Waals surface area contributed by atoms with E-state index in [0.29, 0.717) is 0 Å². The van der Waals surface area contributed by atoms with Gasteiger partial charge in [-0.1, -0.05) is 23.7 Å². The van der Waals surface area contributed by atoms with Gasteiger partial charge in [0, 0.05) is 18.0 Å². The second kappa shape index (κ2) is 5.50. The van der Waals surface area contributed by atoms with Crippen LogP contribution in [0.3, 0.4) is 0 Å². The summed E-state index contributed by atoms with van der Waals surface area (Å²) in [6, 6.07) is 6.41. The lowest BCUT2D eigenvalue weighted by Gasteiger charge is -2.12. The van der Waals surface area contributed by atoms with E-state index in [1.54, 1.807) is 0 Å². The van der Waals surface area contributed by atoms with Gasteiger partial charge in [0.15, 0.2) is 5.78 Å². The molecule has 0 spiro atoms. The summed E-state index contributed by atoms with van der Waals surface area (Å²) < 4.78 is 40.7. The van der Waals surface area contributed by atoms with Gasteiger partial charge in [-0.15, -0.1) is 13.2 Å². The maximum atomic E-state index is 12.3. The Hall–Kier alpha value is -2.08. The summed E-state index contributed by atoms with van der Waals surface area (Å²) in [7, 11) is 0. The van der Waals surface area contributed by atoms with Crippen LogP contribution in [0.2, 0.25) is 5.02 Å². The summed E-state index contributed by atoms with van der Waals surface area (Å²) >= 11 is 5.81. The number of aromatic nitrogens is 1. The van der Waals surface area contributed by atoms with E-state index in [1.807, 2.05) is 0 Å². The lowest BCUT2D eigenvalue weighted by atomic mass is 10.0. The van der Waals surface area contributed by atoms with Crippen LogP contribution in [0, 0.1) is 0 Å². The first-order valence-electron chi connectivity index (χ1n) is 5.37. The zero-order valence-corrected chi connectivity index (χ0v) is 10.6. The summed E-state index contributed by atoms with van der Waals surface area (Å²) in [5.74, 6) is -1.24. The summed E-state index contributed by atoms with van der Waals surface area (Å²) in [5, 5.41) is 0.0549. The van der Waals surface area contributed by atoms with Crippen LogP contribution in [0.4, 0.5) is 13.2 Å². The number of ether oxygens (including phenoxy) is 1. The molecule has 1 aromatic heterocycles. The van der Waals surface area contributed by atoms with Crippen LogP contribution in [-0.2, 0) is 0 Å². The van der Waals surface area contributed by atoms with Gasteiger partial charge in [-0.2, -0.15) is 0 Å². The molecule has 0 atom stereocenters. The quantitative estimate of drug-likeness (QED) is 0.808. The Morgan fingerprint density at radius 1 is 1.15 bits per heavy atom. The van der Waals surface area contributed by atoms with Crippen LogP contribution in [0.15, 0.2) is 42.7 Å². The first kappa shape index (κ1) is 14.3. The number of carbonyl (C=O) groups is 1. The number of ketones is 1. The number of carbonyl (C=O) groups excluding carboxylic acids is 1. The minimum atomic E-state index is -4.88. The van der Waals surface area contributed by atoms with E-state index >= 15 is 0 Å². The molecule has 3 nitrogen and oxygen atoms in total. The van der Waals surface area contributed by atoms with Gasteiger partial charge in [0.05, 0.1) is 10.6 Å². The SMILES string of the molecule is O=C(c1ccncc1Cl)c1ccccc1OC(F)(F)F. The van der Waals surface area contributed by atoms with E-state index in [4.69, 9.17) is 11.6 Å². The fourth-order valence-electron chi connectivity index (χ4n) is 1.57. The molecule has 0 fully saturated rings. The molecular formula is C13H7ClF3NO2. The van der Waals surface area contributed by atoms with Crippen molar-refractivity contribution in [2.24, 2.45) is 0 Å². The Kier molecular flexibility index (Phi) is 3.94. The van der Waals surface area contributed by atoms with Crippen molar-refractivity contribution in [3.63, 3.8) is 0 Å². The highest BCUT2D eigenvalue weighted by atomic mass is 35.5. The molecule has 2 aromatic rings. The van der Waals surface area contributed by atoms with Gasteiger partial charge in [0.1, 0.15) is 5.75 Å². The lowest BCUT2D eigenvalue weighted by Crippen LogP contribution is -2.19. The molecule has 0 unspecified atom stereocenters. The predicted molar refractivity (Wildman–Crippen MR) is 65.8 cm³/mol. The average molecular weight is 302 g/mol. The molecule has 0 N–H and O–H groups in total. The molecule has 0 aliphatic heterocycles. The molecule has 0 saturated heterocycles. The Labute approximate surface area is 117 Å². The van der Waals surface area contributed by atoms with Crippen LogP contribution in [0.5, 0.6) is 5.75 Å². The topological polar surface area (TPSA) is 39.2 Å². The number of hydrogen-bond acceptors (Lipinski definition) is 3. The number of halogens is 4. The van der Waals surface area contributed by atoms with Crippen LogP contribution in [0.1, 0.15) is 15.9 Å². The van der Waals surface area contributed by atoms with Crippen LogP contribution >= 0.6 is 11.6 Å². The van der Waals surface area contributed by atoms with Gasteiger partial charge in [-0.05, 0) is 18.2 Å². The van der Waals surface area contributed by atoms with Crippen LogP contribution in [-0.4, -0.2) is 17.1 Å². The zero-order valence-electron chi connectivity index (χ0n) is 9.82. The van der Waals surface area contributed by atoms with Crippen molar-refractivity contribution in [2.45, 2.75) is 6.36 Å². The molecular weight excluding hydrogens is 295 g/mol. The highest BCUT2D eigenvalue weighted by Crippen LogP contribution is 2.29. The minimum absolute atomic E-state index is 0.0549. The van der Waals surface area contributed by atoms with Crippen molar-refractivity contribution in [3.05, 3.63) is 58.9 Å². The number of para-hydroxylation sites is 1. The molecule has 0 aliphatic carbocycles. The van der Waals surface area contributed by atoms with Gasteiger partial charge < -0.3 is 4.74 Å². The average Bonchev–Trinajstić information content (AvgIpc) is 2.37. The van der Waals surface area contributed by atoms with Crippen molar-refractivity contribution in [1.82, 2.24) is 4.98 Å². The Balaban J connectivity index is 2.43. The predicted octanol–water partition coefficient (Wildman–Crippen LogP) is 3.86. The van der Waals surface area contributed by atoms with Crippen LogP contribution < -0.4 is 4.74 Å². The molecule has 0 radical (unpaired) electrons. The van der Waals surface area contributed by atoms with Gasteiger partial charge in [-0.25, -0.2) is 0 Å². The van der Waals surface area contributed by atoms with E-state index < -0.39 is 17.9 Å². The maximum absolute atomic E-state index is 12.3. The Bertz CT molecular complexity index is 644. The summed E-state index contributed by atoms with van der Waals surface area (Å²) in [6.07, 6.45) is -2.31. The second-order valence-electron chi connectivity index (χ2n) is 3.73. The fraction of sp³-hybridized carbons (Fsp3) is 0.0769. The molecule has 0 bridgehead atoms. The highest BCUT2D eigenvalue weighted by Gasteiger charge is 2.33. The maximum Gasteiger partial charge on any atom is 0.573 e. The third kappa shape index (κ3) is 3.27. The minimum Gasteiger partial charge on any atom is -0.405 e. The number of alkyl halides is 3. The van der Waals surface area contributed by atoms with Crippen molar-refractivity contribution >= 4 is 17.4 Å². The van der Waals surface area contributed by atoms with E-state index in [9.17, 15) is 18.0 Å². The monoisotopic (exact) mass is 301 g/mol. The van der Waals surface area contributed by atoms with E-state index in [1.165, 1.54) is 36.7 Å². The van der Waals surface area contributed by atoms with E-state index in [-0.39, 0.29) is 16.1 Å². The molecule has 2 rings (SSSR count).